The van der Waals surface area contributed by atoms with E-state index in [0.717, 1.165) is 5.56 Å². The molecule has 1 aromatic carbocycles. The zero-order valence-corrected chi connectivity index (χ0v) is 8.21. The molecule has 0 aliphatic carbocycles. The zero-order chi connectivity index (χ0) is 10.0. The second-order valence-corrected chi connectivity index (χ2v) is 4.92. The minimum atomic E-state index is -2.90. The fourth-order valence-electron chi connectivity index (χ4n) is 1.15. The quantitative estimate of drug-likeness (QED) is 0.598. The van der Waals surface area contributed by atoms with E-state index in [9.17, 15) is 8.42 Å². The summed E-state index contributed by atoms with van der Waals surface area (Å²) in [5.74, 6) is 5.81. The Morgan fingerprint density at radius 3 is 2.29 bits per heavy atom. The molecule has 14 heavy (non-hydrogen) atoms. The average molecular weight is 204 g/mol. The van der Waals surface area contributed by atoms with Crippen molar-refractivity contribution < 1.29 is 8.42 Å². The van der Waals surface area contributed by atoms with Crippen LogP contribution in [0.4, 0.5) is 0 Å². The van der Waals surface area contributed by atoms with Gasteiger partial charge in [0.05, 0.1) is 5.75 Å². The molecule has 0 bridgehead atoms. The molecule has 0 unspecified atom stereocenters. The highest BCUT2D eigenvalue weighted by atomic mass is 32.2. The van der Waals surface area contributed by atoms with Crippen LogP contribution in [0.25, 0.3) is 0 Å². The Labute approximate surface area is 83.2 Å². The highest BCUT2D eigenvalue weighted by Crippen LogP contribution is 2.14. The molecule has 0 aromatic heterocycles. The van der Waals surface area contributed by atoms with Gasteiger partial charge in [0, 0.05) is 16.5 Å². The van der Waals surface area contributed by atoms with Crippen LogP contribution in [0.3, 0.4) is 0 Å². The lowest BCUT2D eigenvalue weighted by atomic mass is 10.2. The Morgan fingerprint density at radius 2 is 1.71 bits per heavy atom. The second-order valence-electron chi connectivity index (χ2n) is 3.07. The fraction of sp³-hybridized carbons (Fsp3) is 0.0909. The van der Waals surface area contributed by atoms with Gasteiger partial charge in [0.25, 0.3) is 0 Å². The van der Waals surface area contributed by atoms with Crippen molar-refractivity contribution in [1.29, 1.82) is 0 Å². The van der Waals surface area contributed by atoms with E-state index in [4.69, 9.17) is 0 Å². The molecule has 0 saturated heterocycles. The minimum absolute atomic E-state index is 0.0901. The van der Waals surface area contributed by atoms with E-state index in [1.54, 1.807) is 0 Å². The molecule has 0 N–H and O–H groups in total. The van der Waals surface area contributed by atoms with E-state index >= 15 is 0 Å². The minimum Gasteiger partial charge on any atom is -0.224 e. The van der Waals surface area contributed by atoms with Gasteiger partial charge >= 0.3 is 0 Å². The molecule has 1 aliphatic heterocycles. The van der Waals surface area contributed by atoms with Gasteiger partial charge in [0.1, 0.15) is 0 Å². The molecule has 2 rings (SSSR count). The predicted octanol–water partition coefficient (Wildman–Crippen LogP) is 1.35. The molecule has 70 valence electrons. The maximum atomic E-state index is 10.8. The van der Waals surface area contributed by atoms with Gasteiger partial charge in [-0.25, -0.2) is 8.42 Å². The summed E-state index contributed by atoms with van der Waals surface area (Å²) >= 11 is 0. The summed E-state index contributed by atoms with van der Waals surface area (Å²) in [6, 6.07) is 9.49. The van der Waals surface area contributed by atoms with Crippen molar-refractivity contribution >= 4 is 9.84 Å². The van der Waals surface area contributed by atoms with Crippen molar-refractivity contribution in [3.05, 3.63) is 46.9 Å². The van der Waals surface area contributed by atoms with Crippen LogP contribution in [0, 0.1) is 11.8 Å². The van der Waals surface area contributed by atoms with E-state index < -0.39 is 9.84 Å². The van der Waals surface area contributed by atoms with Crippen LogP contribution in [0.5, 0.6) is 0 Å². The standard InChI is InChI=1S/C11H8O2S/c12-14(13)8-11(9-14)7-6-10-4-2-1-3-5-10/h1-5,8H,9H2. The zero-order valence-electron chi connectivity index (χ0n) is 7.40. The van der Waals surface area contributed by atoms with Crippen LogP contribution in [-0.4, -0.2) is 14.2 Å². The summed E-state index contributed by atoms with van der Waals surface area (Å²) in [5.41, 5.74) is 1.59. The highest BCUT2D eigenvalue weighted by molar-refractivity contribution is 7.95. The molecule has 0 radical (unpaired) electrons. The first kappa shape index (κ1) is 9.04. The lowest BCUT2D eigenvalue weighted by Gasteiger charge is -2.07. The maximum absolute atomic E-state index is 10.8. The molecule has 2 nitrogen and oxygen atoms in total. The maximum Gasteiger partial charge on any atom is 0.177 e. The number of hydrogen-bond acceptors (Lipinski definition) is 2. The van der Waals surface area contributed by atoms with Crippen LogP contribution in [0.2, 0.25) is 0 Å². The van der Waals surface area contributed by atoms with Gasteiger partial charge in [-0.2, -0.15) is 0 Å². The molecule has 0 saturated carbocycles. The number of hydrogen-bond donors (Lipinski definition) is 0. The summed E-state index contributed by atoms with van der Waals surface area (Å²) < 4.78 is 21.5. The monoisotopic (exact) mass is 204 g/mol. The predicted molar refractivity (Wildman–Crippen MR) is 55.2 cm³/mol. The largest absolute Gasteiger partial charge is 0.224 e. The van der Waals surface area contributed by atoms with Crippen molar-refractivity contribution in [2.75, 3.05) is 5.75 Å². The summed E-state index contributed by atoms with van der Waals surface area (Å²) in [6.45, 7) is 0. The molecule has 1 aliphatic rings. The first-order valence-corrected chi connectivity index (χ1v) is 5.88. The van der Waals surface area contributed by atoms with E-state index in [1.165, 1.54) is 5.41 Å². The third kappa shape index (κ3) is 2.04. The van der Waals surface area contributed by atoms with E-state index in [2.05, 4.69) is 11.8 Å². The van der Waals surface area contributed by atoms with E-state index in [0.29, 0.717) is 5.57 Å². The van der Waals surface area contributed by atoms with Crippen LogP contribution in [0.15, 0.2) is 41.3 Å². The summed E-state index contributed by atoms with van der Waals surface area (Å²) in [5, 5.41) is 1.23. The molecule has 0 amide bonds. The van der Waals surface area contributed by atoms with Crippen LogP contribution in [-0.2, 0) is 9.84 Å². The van der Waals surface area contributed by atoms with Gasteiger partial charge in [-0.15, -0.1) is 0 Å². The molecule has 0 spiro atoms. The first-order chi connectivity index (χ1) is 6.66. The first-order valence-electron chi connectivity index (χ1n) is 4.16. The molecular weight excluding hydrogens is 196 g/mol. The summed E-state index contributed by atoms with van der Waals surface area (Å²) in [7, 11) is -2.90. The summed E-state index contributed by atoms with van der Waals surface area (Å²) in [4.78, 5) is 0. The van der Waals surface area contributed by atoms with Crippen LogP contribution >= 0.6 is 0 Å². The van der Waals surface area contributed by atoms with Crippen molar-refractivity contribution in [2.24, 2.45) is 0 Å². The second kappa shape index (κ2) is 3.32. The lowest BCUT2D eigenvalue weighted by molar-refractivity contribution is 0.603. The molecule has 0 fully saturated rings. The number of sulfone groups is 1. The Morgan fingerprint density at radius 1 is 1.07 bits per heavy atom. The van der Waals surface area contributed by atoms with Crippen molar-refractivity contribution in [3.63, 3.8) is 0 Å². The number of rotatable bonds is 0. The van der Waals surface area contributed by atoms with Crippen molar-refractivity contribution in [1.82, 2.24) is 0 Å². The molecular formula is C11H8O2S. The molecule has 1 aromatic rings. The van der Waals surface area contributed by atoms with Gasteiger partial charge in [-0.05, 0) is 12.1 Å². The van der Waals surface area contributed by atoms with E-state index in [-0.39, 0.29) is 5.75 Å². The average Bonchev–Trinajstić information content (AvgIpc) is 2.13. The lowest BCUT2D eigenvalue weighted by Crippen LogP contribution is -2.14. The molecule has 1 heterocycles. The third-order valence-electron chi connectivity index (χ3n) is 1.82. The smallest absolute Gasteiger partial charge is 0.177 e. The molecule has 3 heteroatoms. The highest BCUT2D eigenvalue weighted by Gasteiger charge is 2.20. The molecule has 0 atom stereocenters. The summed E-state index contributed by atoms with van der Waals surface area (Å²) in [6.07, 6.45) is 0. The van der Waals surface area contributed by atoms with Crippen LogP contribution < -0.4 is 0 Å². The van der Waals surface area contributed by atoms with Gasteiger partial charge in [-0.3, -0.25) is 0 Å². The normalized spacial score (nSPS) is 17.3. The van der Waals surface area contributed by atoms with Crippen molar-refractivity contribution in [2.45, 2.75) is 0 Å². The Bertz CT molecular complexity index is 528. The SMILES string of the molecule is O=S1(=O)C=C(C#Cc2ccccc2)C1. The van der Waals surface area contributed by atoms with Crippen molar-refractivity contribution in [3.8, 4) is 11.8 Å². The fourth-order valence-corrected chi connectivity index (χ4v) is 2.10. The Kier molecular flexibility index (Phi) is 2.14. The third-order valence-corrected chi connectivity index (χ3v) is 3.18. The van der Waals surface area contributed by atoms with Gasteiger partial charge in [-0.1, -0.05) is 30.0 Å². The Hall–Kier alpha value is -1.53. The van der Waals surface area contributed by atoms with Gasteiger partial charge in [0.2, 0.25) is 0 Å². The van der Waals surface area contributed by atoms with E-state index in [1.807, 2.05) is 30.3 Å². The van der Waals surface area contributed by atoms with Gasteiger partial charge in [0.15, 0.2) is 9.84 Å². The van der Waals surface area contributed by atoms with Gasteiger partial charge < -0.3 is 0 Å². The number of benzene rings is 1. The van der Waals surface area contributed by atoms with Crippen LogP contribution in [0.1, 0.15) is 5.56 Å². The topological polar surface area (TPSA) is 34.1 Å². The Balaban J connectivity index is 2.18.